The molecule has 1 unspecified atom stereocenters. The Hall–Kier alpha value is -1.72. The number of fused-ring (bicyclic) bond motifs is 2. The van der Waals surface area contributed by atoms with Crippen molar-refractivity contribution < 1.29 is 19.1 Å². The minimum Gasteiger partial charge on any atom is -0.375 e. The average Bonchev–Trinajstić information content (AvgIpc) is 3.34. The van der Waals surface area contributed by atoms with Crippen LogP contribution in [0.3, 0.4) is 0 Å². The third-order valence-corrected chi connectivity index (χ3v) is 6.76. The summed E-state index contributed by atoms with van der Waals surface area (Å²) in [4.78, 5) is 25.9. The van der Waals surface area contributed by atoms with E-state index in [1.807, 2.05) is 36.1 Å². The van der Waals surface area contributed by atoms with E-state index in [2.05, 4.69) is 0 Å². The Morgan fingerprint density at radius 3 is 2.61 bits per heavy atom. The van der Waals surface area contributed by atoms with Crippen molar-refractivity contribution in [3.63, 3.8) is 0 Å². The highest BCUT2D eigenvalue weighted by atomic mass is 16.6. The van der Waals surface area contributed by atoms with Crippen LogP contribution in [0.1, 0.15) is 73.7 Å². The van der Waals surface area contributed by atoms with Gasteiger partial charge in [0.1, 0.15) is 6.29 Å². The molecule has 5 heteroatoms. The fourth-order valence-electron chi connectivity index (χ4n) is 5.04. The van der Waals surface area contributed by atoms with Crippen LogP contribution >= 0.6 is 0 Å². The number of likely N-dealkylation sites (tertiary alicyclic amines) is 1. The molecule has 152 valence electrons. The van der Waals surface area contributed by atoms with Crippen LogP contribution in [-0.2, 0) is 14.3 Å². The van der Waals surface area contributed by atoms with Crippen LogP contribution in [0.15, 0.2) is 24.3 Å². The highest BCUT2D eigenvalue weighted by Crippen LogP contribution is 2.43. The second-order valence-electron chi connectivity index (χ2n) is 8.73. The number of carbonyl (C=O) groups is 2. The predicted octanol–water partition coefficient (Wildman–Crippen LogP) is 3.71. The molecule has 0 radical (unpaired) electrons. The Morgan fingerprint density at radius 1 is 1.25 bits per heavy atom. The normalized spacial score (nSPS) is 28.5. The van der Waals surface area contributed by atoms with Gasteiger partial charge in [0.25, 0.3) is 0 Å². The minimum absolute atomic E-state index is 0.0771. The van der Waals surface area contributed by atoms with Gasteiger partial charge in [-0.1, -0.05) is 24.3 Å². The summed E-state index contributed by atoms with van der Waals surface area (Å²) >= 11 is 0. The van der Waals surface area contributed by atoms with E-state index < -0.39 is 0 Å². The van der Waals surface area contributed by atoms with Crippen LogP contribution in [0, 0.1) is 0 Å². The smallest absolute Gasteiger partial charge is 0.225 e. The topological polar surface area (TPSA) is 55.8 Å². The van der Waals surface area contributed by atoms with Crippen molar-refractivity contribution in [2.75, 3.05) is 19.7 Å². The van der Waals surface area contributed by atoms with Gasteiger partial charge < -0.3 is 14.4 Å². The van der Waals surface area contributed by atoms with E-state index in [4.69, 9.17) is 9.47 Å². The number of hydrogen-bond donors (Lipinski definition) is 0. The molecule has 0 spiro atoms. The van der Waals surface area contributed by atoms with E-state index in [1.54, 1.807) is 0 Å². The molecule has 0 N–H and O–H groups in total. The quantitative estimate of drug-likeness (QED) is 0.672. The molecule has 3 saturated heterocycles. The molecule has 0 aromatic heterocycles. The summed E-state index contributed by atoms with van der Waals surface area (Å²) in [6, 6.07) is 7.80. The van der Waals surface area contributed by atoms with Crippen LogP contribution in [0.4, 0.5) is 0 Å². The molecule has 0 saturated carbocycles. The minimum atomic E-state index is -0.0846. The number of hydrogen-bond acceptors (Lipinski definition) is 4. The Bertz CT molecular complexity index is 702. The van der Waals surface area contributed by atoms with Crippen molar-refractivity contribution in [2.24, 2.45) is 0 Å². The first kappa shape index (κ1) is 19.6. The lowest BCUT2D eigenvalue weighted by molar-refractivity contribution is -0.137. The summed E-state index contributed by atoms with van der Waals surface area (Å²) in [6.45, 7) is 4.10. The van der Waals surface area contributed by atoms with Crippen LogP contribution in [0.25, 0.3) is 0 Å². The third kappa shape index (κ3) is 4.15. The van der Waals surface area contributed by atoms with Gasteiger partial charge in [-0.05, 0) is 56.9 Å². The molecule has 5 nitrogen and oxygen atoms in total. The van der Waals surface area contributed by atoms with E-state index in [0.717, 1.165) is 69.0 Å². The zero-order valence-corrected chi connectivity index (χ0v) is 16.8. The maximum absolute atomic E-state index is 12.7. The standard InChI is InChI=1S/C23H31NO4/c1-17(27-16-23-10-6-20(28-23)7-11-23)14-22(26)24-12-8-18(9-13-24)21-5-3-2-4-19(21)15-25/h2-5,15,17-18,20H,6-14,16H2,1H3. The number of rotatable bonds is 7. The van der Waals surface area contributed by atoms with Gasteiger partial charge in [0.05, 0.1) is 30.8 Å². The molecule has 1 amide bonds. The van der Waals surface area contributed by atoms with Gasteiger partial charge in [-0.25, -0.2) is 0 Å². The molecule has 4 rings (SSSR count). The molecule has 1 aromatic carbocycles. The molecule has 0 aliphatic carbocycles. The highest BCUT2D eigenvalue weighted by Gasteiger charge is 2.46. The lowest BCUT2D eigenvalue weighted by Crippen LogP contribution is -2.40. The predicted molar refractivity (Wildman–Crippen MR) is 106 cm³/mol. The molecule has 1 atom stereocenters. The molecule has 3 heterocycles. The molecular formula is C23H31NO4. The fraction of sp³-hybridized carbons (Fsp3) is 0.652. The Labute approximate surface area is 167 Å². The Kier molecular flexibility index (Phi) is 5.83. The molecule has 3 aliphatic rings. The second-order valence-corrected chi connectivity index (χ2v) is 8.73. The van der Waals surface area contributed by atoms with Gasteiger partial charge >= 0.3 is 0 Å². The van der Waals surface area contributed by atoms with E-state index in [0.29, 0.717) is 25.0 Å². The van der Waals surface area contributed by atoms with Crippen molar-refractivity contribution in [1.29, 1.82) is 0 Å². The third-order valence-electron chi connectivity index (χ3n) is 6.76. The zero-order chi connectivity index (χ0) is 19.6. The highest BCUT2D eigenvalue weighted by molar-refractivity contribution is 5.78. The van der Waals surface area contributed by atoms with Gasteiger partial charge in [0, 0.05) is 18.7 Å². The average molecular weight is 386 g/mol. The van der Waals surface area contributed by atoms with E-state index in [9.17, 15) is 9.59 Å². The first-order valence-corrected chi connectivity index (χ1v) is 10.7. The SMILES string of the molecule is CC(CC(=O)N1CCC(c2ccccc2C=O)CC1)OCC12CCC(CC1)O2. The van der Waals surface area contributed by atoms with Crippen molar-refractivity contribution >= 4 is 12.2 Å². The summed E-state index contributed by atoms with van der Waals surface area (Å²) in [5, 5.41) is 0. The van der Waals surface area contributed by atoms with Gasteiger partial charge in [0.15, 0.2) is 0 Å². The lowest BCUT2D eigenvalue weighted by atomic mass is 9.86. The van der Waals surface area contributed by atoms with E-state index >= 15 is 0 Å². The van der Waals surface area contributed by atoms with Gasteiger partial charge in [-0.2, -0.15) is 0 Å². The first-order valence-electron chi connectivity index (χ1n) is 10.7. The molecular weight excluding hydrogens is 354 g/mol. The van der Waals surface area contributed by atoms with E-state index in [1.165, 1.54) is 0 Å². The van der Waals surface area contributed by atoms with E-state index in [-0.39, 0.29) is 17.6 Å². The van der Waals surface area contributed by atoms with Crippen molar-refractivity contribution in [3.05, 3.63) is 35.4 Å². The summed E-state index contributed by atoms with van der Waals surface area (Å²) in [5.74, 6) is 0.525. The van der Waals surface area contributed by atoms with Crippen LogP contribution in [0.5, 0.6) is 0 Å². The summed E-state index contributed by atoms with van der Waals surface area (Å²) < 4.78 is 12.1. The summed E-state index contributed by atoms with van der Waals surface area (Å²) in [7, 11) is 0. The van der Waals surface area contributed by atoms with Gasteiger partial charge in [0.2, 0.25) is 5.91 Å². The van der Waals surface area contributed by atoms with Gasteiger partial charge in [-0.15, -0.1) is 0 Å². The fourth-order valence-corrected chi connectivity index (χ4v) is 5.04. The monoisotopic (exact) mass is 385 g/mol. The number of aldehydes is 1. The van der Waals surface area contributed by atoms with Gasteiger partial charge in [-0.3, -0.25) is 9.59 Å². The largest absolute Gasteiger partial charge is 0.375 e. The summed E-state index contributed by atoms with van der Waals surface area (Å²) in [6.07, 6.45) is 8.01. The number of benzene rings is 1. The van der Waals surface area contributed by atoms with Crippen molar-refractivity contribution in [3.8, 4) is 0 Å². The molecule has 2 bridgehead atoms. The van der Waals surface area contributed by atoms with Crippen LogP contribution in [0.2, 0.25) is 0 Å². The van der Waals surface area contributed by atoms with Crippen LogP contribution in [-0.4, -0.2) is 54.6 Å². The zero-order valence-electron chi connectivity index (χ0n) is 16.8. The Morgan fingerprint density at radius 2 is 1.96 bits per heavy atom. The number of amides is 1. The van der Waals surface area contributed by atoms with Crippen molar-refractivity contribution in [1.82, 2.24) is 4.90 Å². The molecule has 1 aromatic rings. The number of carbonyl (C=O) groups excluding carboxylic acids is 2. The lowest BCUT2D eigenvalue weighted by Gasteiger charge is -2.33. The first-order chi connectivity index (χ1) is 13.6. The maximum atomic E-state index is 12.7. The van der Waals surface area contributed by atoms with Crippen molar-refractivity contribution in [2.45, 2.75) is 75.6 Å². The number of piperidine rings is 1. The summed E-state index contributed by atoms with van der Waals surface area (Å²) in [5.41, 5.74) is 1.82. The van der Waals surface area contributed by atoms with Crippen LogP contribution < -0.4 is 0 Å². The number of ether oxygens (including phenoxy) is 2. The molecule has 28 heavy (non-hydrogen) atoms. The maximum Gasteiger partial charge on any atom is 0.225 e. The number of nitrogens with zero attached hydrogens (tertiary/aromatic N) is 1. The molecule has 3 aliphatic heterocycles. The Balaban J connectivity index is 1.23. The second kappa shape index (κ2) is 8.34. The molecule has 3 fully saturated rings.